The van der Waals surface area contributed by atoms with E-state index >= 15 is 0 Å². The van der Waals surface area contributed by atoms with Crippen LogP contribution in [0.5, 0.6) is 11.5 Å². The Hall–Kier alpha value is -2.15. The molecule has 27 heavy (non-hydrogen) atoms. The van der Waals surface area contributed by atoms with Gasteiger partial charge in [-0.1, -0.05) is 24.3 Å². The second-order valence-electron chi connectivity index (χ2n) is 6.92. The van der Waals surface area contributed by atoms with E-state index in [1.807, 2.05) is 25.2 Å². The molecule has 1 fully saturated rings. The smallest absolute Gasteiger partial charge is 0.161 e. The third-order valence-electron chi connectivity index (χ3n) is 5.05. The normalized spacial score (nSPS) is 18.4. The molecule has 1 unspecified atom stereocenters. The van der Waals surface area contributed by atoms with Crippen molar-refractivity contribution >= 4 is 0 Å². The summed E-state index contributed by atoms with van der Waals surface area (Å²) < 4.78 is 25.1. The molecule has 0 aromatic heterocycles. The summed E-state index contributed by atoms with van der Waals surface area (Å²) in [6.45, 7) is 3.78. The fraction of sp³-hybridized carbons (Fsp3) is 0.429. The molecule has 0 aliphatic carbocycles. The summed E-state index contributed by atoms with van der Waals surface area (Å²) in [6, 6.07) is 12.6. The van der Waals surface area contributed by atoms with E-state index in [9.17, 15) is 9.50 Å². The summed E-state index contributed by atoms with van der Waals surface area (Å²) in [5.41, 5.74) is 1.61. The number of rotatable bonds is 7. The lowest BCUT2D eigenvalue weighted by molar-refractivity contribution is 0.0539. The van der Waals surface area contributed by atoms with Crippen molar-refractivity contribution in [3.63, 3.8) is 0 Å². The van der Waals surface area contributed by atoms with Crippen LogP contribution in [-0.4, -0.2) is 61.3 Å². The molecule has 1 saturated heterocycles. The highest BCUT2D eigenvalue weighted by Gasteiger charge is 2.23. The van der Waals surface area contributed by atoms with Gasteiger partial charge >= 0.3 is 0 Å². The molecule has 3 rings (SSSR count). The van der Waals surface area contributed by atoms with Crippen LogP contribution in [0.3, 0.4) is 0 Å². The Bertz CT molecular complexity index is 756. The molecule has 0 radical (unpaired) electrons. The molecule has 146 valence electrons. The van der Waals surface area contributed by atoms with Crippen LogP contribution in [0.15, 0.2) is 42.5 Å². The Morgan fingerprint density at radius 2 is 1.96 bits per heavy atom. The molecule has 5 nitrogen and oxygen atoms in total. The summed E-state index contributed by atoms with van der Waals surface area (Å²) in [5, 5.41) is 9.52. The van der Waals surface area contributed by atoms with Gasteiger partial charge in [-0.15, -0.1) is 0 Å². The summed E-state index contributed by atoms with van der Waals surface area (Å²) in [5.74, 6) is 0.952. The first-order valence-electron chi connectivity index (χ1n) is 9.17. The van der Waals surface area contributed by atoms with Gasteiger partial charge in [-0.25, -0.2) is 4.39 Å². The van der Waals surface area contributed by atoms with E-state index in [-0.39, 0.29) is 25.1 Å². The average molecular weight is 374 g/mol. The number of nitrogens with zero attached hydrogens (tertiary/aromatic N) is 2. The first-order chi connectivity index (χ1) is 13.1. The van der Waals surface area contributed by atoms with Crippen molar-refractivity contribution in [3.8, 4) is 11.5 Å². The predicted molar refractivity (Wildman–Crippen MR) is 103 cm³/mol. The molecule has 1 aliphatic rings. The number of benzene rings is 2. The van der Waals surface area contributed by atoms with Gasteiger partial charge in [-0.3, -0.25) is 9.80 Å². The Kier molecular flexibility index (Phi) is 6.66. The highest BCUT2D eigenvalue weighted by Crippen LogP contribution is 2.30. The monoisotopic (exact) mass is 374 g/mol. The van der Waals surface area contributed by atoms with E-state index in [0.717, 1.165) is 31.7 Å². The maximum absolute atomic E-state index is 13.8. The van der Waals surface area contributed by atoms with Crippen LogP contribution in [0.1, 0.15) is 11.1 Å². The number of likely N-dealkylation sites (N-methyl/N-ethyl adjacent to an activating group) is 1. The number of aliphatic hydroxyl groups excluding tert-OH is 1. The summed E-state index contributed by atoms with van der Waals surface area (Å²) in [6.07, 6.45) is 0. The van der Waals surface area contributed by atoms with Gasteiger partial charge in [0.15, 0.2) is 11.5 Å². The van der Waals surface area contributed by atoms with E-state index in [1.165, 1.54) is 6.07 Å². The zero-order chi connectivity index (χ0) is 19.2. The van der Waals surface area contributed by atoms with Crippen LogP contribution in [0.4, 0.5) is 4.39 Å². The van der Waals surface area contributed by atoms with Crippen LogP contribution in [-0.2, 0) is 13.2 Å². The first-order valence-corrected chi connectivity index (χ1v) is 9.17. The van der Waals surface area contributed by atoms with E-state index < -0.39 is 0 Å². The minimum Gasteiger partial charge on any atom is -0.493 e. The molecular weight excluding hydrogens is 347 g/mol. The number of piperazine rings is 1. The minimum atomic E-state index is -0.278. The van der Waals surface area contributed by atoms with Gasteiger partial charge in [0.25, 0.3) is 0 Å². The van der Waals surface area contributed by atoms with Crippen LogP contribution in [0, 0.1) is 5.82 Å². The standard InChI is InChI=1S/C21H27FN2O3/c1-23-9-10-24(13-18(23)14-25)12-16-7-8-20(26-2)21(11-16)27-15-17-5-3-4-6-19(17)22/h3-8,11,18,25H,9-10,12-15H2,1-2H3. The maximum Gasteiger partial charge on any atom is 0.161 e. The molecule has 1 heterocycles. The van der Waals surface area contributed by atoms with E-state index in [1.54, 1.807) is 25.3 Å². The van der Waals surface area contributed by atoms with E-state index in [4.69, 9.17) is 9.47 Å². The molecule has 0 spiro atoms. The maximum atomic E-state index is 13.8. The van der Waals surface area contributed by atoms with Gasteiger partial charge in [0.05, 0.1) is 13.7 Å². The number of hydrogen-bond donors (Lipinski definition) is 1. The number of aliphatic hydroxyl groups is 1. The summed E-state index contributed by atoms with van der Waals surface area (Å²) >= 11 is 0. The van der Waals surface area contributed by atoms with Crippen molar-refractivity contribution in [1.29, 1.82) is 0 Å². The molecule has 0 saturated carbocycles. The molecule has 1 atom stereocenters. The predicted octanol–water partition coefficient (Wildman–Crippen LogP) is 2.52. The van der Waals surface area contributed by atoms with Crippen molar-refractivity contribution in [2.24, 2.45) is 0 Å². The fourth-order valence-corrected chi connectivity index (χ4v) is 3.31. The van der Waals surface area contributed by atoms with Gasteiger partial charge < -0.3 is 14.6 Å². The van der Waals surface area contributed by atoms with Crippen molar-refractivity contribution in [1.82, 2.24) is 9.80 Å². The Labute approximate surface area is 159 Å². The molecule has 0 amide bonds. The Morgan fingerprint density at radius 1 is 1.15 bits per heavy atom. The lowest BCUT2D eigenvalue weighted by Crippen LogP contribution is -2.52. The topological polar surface area (TPSA) is 45.2 Å². The van der Waals surface area contributed by atoms with Crippen molar-refractivity contribution in [3.05, 3.63) is 59.4 Å². The lowest BCUT2D eigenvalue weighted by Gasteiger charge is -2.38. The van der Waals surface area contributed by atoms with Crippen LogP contribution in [0.25, 0.3) is 0 Å². The van der Waals surface area contributed by atoms with Crippen LogP contribution >= 0.6 is 0 Å². The van der Waals surface area contributed by atoms with Gasteiger partial charge in [-0.05, 0) is 30.8 Å². The van der Waals surface area contributed by atoms with Crippen molar-refractivity contribution < 1.29 is 19.0 Å². The Balaban J connectivity index is 1.69. The third kappa shape index (κ3) is 4.97. The molecule has 1 N–H and O–H groups in total. The molecule has 6 heteroatoms. The van der Waals surface area contributed by atoms with Gasteiger partial charge in [0.1, 0.15) is 12.4 Å². The van der Waals surface area contributed by atoms with Crippen molar-refractivity contribution in [2.45, 2.75) is 19.2 Å². The first kappa shape index (κ1) is 19.6. The quantitative estimate of drug-likeness (QED) is 0.807. The Morgan fingerprint density at radius 3 is 2.70 bits per heavy atom. The molecular formula is C21H27FN2O3. The highest BCUT2D eigenvalue weighted by molar-refractivity contribution is 5.43. The highest BCUT2D eigenvalue weighted by atomic mass is 19.1. The second kappa shape index (κ2) is 9.17. The summed E-state index contributed by atoms with van der Waals surface area (Å²) in [7, 11) is 3.64. The van der Waals surface area contributed by atoms with Gasteiger partial charge in [-0.2, -0.15) is 0 Å². The molecule has 1 aliphatic heterocycles. The molecule has 2 aromatic rings. The van der Waals surface area contributed by atoms with Crippen LogP contribution < -0.4 is 9.47 Å². The zero-order valence-corrected chi connectivity index (χ0v) is 15.9. The number of hydrogen-bond acceptors (Lipinski definition) is 5. The fourth-order valence-electron chi connectivity index (χ4n) is 3.31. The number of ether oxygens (including phenoxy) is 2. The average Bonchev–Trinajstić information content (AvgIpc) is 2.69. The number of methoxy groups -OCH3 is 1. The van der Waals surface area contributed by atoms with E-state index in [0.29, 0.717) is 17.1 Å². The number of halogens is 1. The zero-order valence-electron chi connectivity index (χ0n) is 15.9. The van der Waals surface area contributed by atoms with Gasteiger partial charge in [0.2, 0.25) is 0 Å². The molecule has 2 aromatic carbocycles. The SMILES string of the molecule is COc1ccc(CN2CCN(C)C(CO)C2)cc1OCc1ccccc1F. The molecule has 0 bridgehead atoms. The summed E-state index contributed by atoms with van der Waals surface area (Å²) in [4.78, 5) is 4.51. The largest absolute Gasteiger partial charge is 0.493 e. The van der Waals surface area contributed by atoms with Gasteiger partial charge in [0, 0.05) is 37.8 Å². The third-order valence-corrected chi connectivity index (χ3v) is 5.05. The second-order valence-corrected chi connectivity index (χ2v) is 6.92. The van der Waals surface area contributed by atoms with Crippen molar-refractivity contribution in [2.75, 3.05) is 40.4 Å². The lowest BCUT2D eigenvalue weighted by atomic mass is 10.1. The van der Waals surface area contributed by atoms with Crippen LogP contribution in [0.2, 0.25) is 0 Å². The van der Waals surface area contributed by atoms with E-state index in [2.05, 4.69) is 9.80 Å². The minimum absolute atomic E-state index is 0.146.